The van der Waals surface area contributed by atoms with E-state index in [4.69, 9.17) is 0 Å². The number of carbonyl (C=O) groups is 4. The van der Waals surface area contributed by atoms with Crippen LogP contribution in [-0.2, 0) is 21.4 Å². The minimum absolute atomic E-state index is 0.0368. The third kappa shape index (κ3) is 5.63. The van der Waals surface area contributed by atoms with Crippen LogP contribution in [0.5, 0.6) is 5.75 Å². The van der Waals surface area contributed by atoms with Crippen LogP contribution in [0.1, 0.15) is 22.2 Å². The lowest BCUT2D eigenvalue weighted by Crippen LogP contribution is -2.71. The zero-order valence-electron chi connectivity index (χ0n) is 23.7. The summed E-state index contributed by atoms with van der Waals surface area (Å²) in [5.41, 5.74) is -0.0887. The standard InChI is InChI=1S/C28H24N8O8S2/c1-35-25(42)23(40)33-34-28(35)46-11-13-10-45-26-18(24(41)36(26)19(13)27(43)44)32-21(38)17(12-6-8-14(37)9-7-12)31-22(39)20-29-15-4-2-3-5-16(15)30-20/h2-9,17-18,26,37H,10-11H2,1H3,(H,29,30)(H,31,39)(H,32,38)(H,33,40)(H,43,44)/t17?,18?,26-/m1/s1. The fourth-order valence-corrected chi connectivity index (χ4v) is 7.40. The van der Waals surface area contributed by atoms with E-state index >= 15 is 0 Å². The largest absolute Gasteiger partial charge is 0.508 e. The lowest BCUT2D eigenvalue weighted by molar-refractivity contribution is -0.151. The lowest BCUT2D eigenvalue weighted by atomic mass is 10.0. The van der Waals surface area contributed by atoms with Gasteiger partial charge in [-0.15, -0.1) is 16.9 Å². The van der Waals surface area contributed by atoms with Crippen molar-refractivity contribution in [1.82, 2.24) is 40.3 Å². The summed E-state index contributed by atoms with van der Waals surface area (Å²) in [5.74, 6) is -3.27. The third-order valence-electron chi connectivity index (χ3n) is 7.33. The van der Waals surface area contributed by atoms with Gasteiger partial charge in [0.15, 0.2) is 11.0 Å². The van der Waals surface area contributed by atoms with Crippen LogP contribution in [0.2, 0.25) is 0 Å². The van der Waals surface area contributed by atoms with Gasteiger partial charge in [-0.25, -0.2) is 14.9 Å². The molecule has 1 fully saturated rings. The summed E-state index contributed by atoms with van der Waals surface area (Å²) in [4.78, 5) is 84.1. The first-order valence-corrected chi connectivity index (χ1v) is 15.6. The highest BCUT2D eigenvalue weighted by Crippen LogP contribution is 2.41. The predicted octanol–water partition coefficient (Wildman–Crippen LogP) is 0.0525. The van der Waals surface area contributed by atoms with Crippen LogP contribution < -0.4 is 21.8 Å². The molecule has 3 atom stereocenters. The van der Waals surface area contributed by atoms with Gasteiger partial charge in [-0.3, -0.25) is 33.4 Å². The molecular weight excluding hydrogens is 640 g/mol. The Hall–Kier alpha value is -5.36. The molecule has 18 heteroatoms. The number of phenolic OH excluding ortho intramolecular Hbond substituents is 1. The van der Waals surface area contributed by atoms with Gasteiger partial charge >= 0.3 is 17.1 Å². The van der Waals surface area contributed by atoms with Crippen molar-refractivity contribution >= 4 is 58.2 Å². The fourth-order valence-electron chi connectivity index (χ4n) is 5.00. The number of hydrogen-bond acceptors (Lipinski definition) is 11. The van der Waals surface area contributed by atoms with Gasteiger partial charge in [0.25, 0.3) is 11.8 Å². The van der Waals surface area contributed by atoms with Crippen molar-refractivity contribution in [3.05, 3.63) is 91.9 Å². The van der Waals surface area contributed by atoms with Gasteiger partial charge in [-0.2, -0.15) is 0 Å². The summed E-state index contributed by atoms with van der Waals surface area (Å²) in [6.45, 7) is 0. The van der Waals surface area contributed by atoms with E-state index in [0.29, 0.717) is 22.2 Å². The van der Waals surface area contributed by atoms with E-state index < -0.39 is 52.3 Å². The molecule has 4 aromatic rings. The Morgan fingerprint density at radius 1 is 1.13 bits per heavy atom. The number of amides is 3. The van der Waals surface area contributed by atoms with E-state index in [1.807, 2.05) is 0 Å². The Kier molecular flexibility index (Phi) is 8.13. The van der Waals surface area contributed by atoms with Crippen LogP contribution >= 0.6 is 23.5 Å². The number of carboxylic acid groups (broad SMARTS) is 1. The van der Waals surface area contributed by atoms with E-state index in [1.54, 1.807) is 24.3 Å². The molecule has 2 aliphatic rings. The minimum atomic E-state index is -1.34. The zero-order chi connectivity index (χ0) is 32.7. The second kappa shape index (κ2) is 12.2. The number of H-pyrrole nitrogens is 2. The molecule has 0 saturated carbocycles. The first-order valence-electron chi connectivity index (χ1n) is 13.6. The molecule has 0 bridgehead atoms. The topological polar surface area (TPSA) is 232 Å². The Morgan fingerprint density at radius 3 is 2.59 bits per heavy atom. The zero-order valence-corrected chi connectivity index (χ0v) is 25.3. The average molecular weight is 665 g/mol. The van der Waals surface area contributed by atoms with Gasteiger partial charge in [0, 0.05) is 18.6 Å². The number of benzene rings is 2. The summed E-state index contributed by atoms with van der Waals surface area (Å²) in [5, 5.41) is 30.4. The van der Waals surface area contributed by atoms with Gasteiger partial charge in [0.2, 0.25) is 5.91 Å². The fraction of sp³-hybridized carbons (Fsp3) is 0.214. The summed E-state index contributed by atoms with van der Waals surface area (Å²) < 4.78 is 1.04. The number of rotatable bonds is 9. The number of phenols is 1. The van der Waals surface area contributed by atoms with E-state index in [1.165, 1.54) is 43.1 Å². The molecule has 236 valence electrons. The second-order valence-corrected chi connectivity index (χ2v) is 12.3. The monoisotopic (exact) mass is 664 g/mol. The van der Waals surface area contributed by atoms with E-state index in [2.05, 4.69) is 30.8 Å². The van der Waals surface area contributed by atoms with Crippen LogP contribution in [0.15, 0.2) is 74.5 Å². The Bertz CT molecular complexity index is 2020. The molecule has 2 aliphatic heterocycles. The van der Waals surface area contributed by atoms with E-state index in [-0.39, 0.29) is 33.9 Å². The number of aromatic amines is 2. The van der Waals surface area contributed by atoms with Gasteiger partial charge in [0.1, 0.15) is 28.9 Å². The molecule has 6 N–H and O–H groups in total. The number of nitrogens with zero attached hydrogens (tertiary/aromatic N) is 4. The molecule has 2 aromatic carbocycles. The Balaban J connectivity index is 1.20. The number of β-lactam (4-membered cyclic amide) rings is 1. The SMILES string of the molecule is Cn1c(SCC2=C(C(=O)O)N3C(=O)C(NC(=O)C(NC(=O)c4nc5ccccc5[nH]4)c4ccc(O)cc4)[C@H]3SC2)n[nH]c(=O)c1=O. The molecular formula is C28H24N8O8S2. The second-order valence-electron chi connectivity index (χ2n) is 10.2. The predicted molar refractivity (Wildman–Crippen MR) is 165 cm³/mol. The van der Waals surface area contributed by atoms with Crippen molar-refractivity contribution in [1.29, 1.82) is 0 Å². The number of carbonyl (C=O) groups excluding carboxylic acids is 3. The van der Waals surface area contributed by atoms with Crippen molar-refractivity contribution in [2.75, 3.05) is 11.5 Å². The number of aliphatic carboxylic acids is 1. The van der Waals surface area contributed by atoms with Crippen LogP contribution in [0.4, 0.5) is 0 Å². The number of imidazole rings is 1. The molecule has 16 nitrogen and oxygen atoms in total. The van der Waals surface area contributed by atoms with Crippen molar-refractivity contribution < 1.29 is 29.4 Å². The van der Waals surface area contributed by atoms with Crippen LogP contribution in [0, 0.1) is 0 Å². The molecule has 3 amide bonds. The van der Waals surface area contributed by atoms with Gasteiger partial charge in [-0.1, -0.05) is 36.0 Å². The average Bonchev–Trinajstić information content (AvgIpc) is 3.49. The van der Waals surface area contributed by atoms with E-state index in [0.717, 1.165) is 21.2 Å². The highest BCUT2D eigenvalue weighted by molar-refractivity contribution is 8.01. The quantitative estimate of drug-likeness (QED) is 0.0792. The summed E-state index contributed by atoms with van der Waals surface area (Å²) in [7, 11) is 1.36. The number of nitrogens with one attached hydrogen (secondary N) is 4. The highest BCUT2D eigenvalue weighted by Gasteiger charge is 2.54. The molecule has 0 radical (unpaired) electrons. The van der Waals surface area contributed by atoms with Crippen LogP contribution in [-0.4, -0.2) is 86.5 Å². The molecule has 46 heavy (non-hydrogen) atoms. The first-order chi connectivity index (χ1) is 22.0. The minimum Gasteiger partial charge on any atom is -0.508 e. The highest BCUT2D eigenvalue weighted by atomic mass is 32.2. The maximum atomic E-state index is 13.6. The maximum absolute atomic E-state index is 13.6. The number of para-hydroxylation sites is 2. The molecule has 6 rings (SSSR count). The third-order valence-corrected chi connectivity index (χ3v) is 9.79. The molecule has 2 unspecified atom stereocenters. The van der Waals surface area contributed by atoms with Gasteiger partial charge < -0.3 is 25.8 Å². The first kappa shape index (κ1) is 30.7. The number of carboxylic acids is 1. The lowest BCUT2D eigenvalue weighted by Gasteiger charge is -2.49. The Labute approximate surface area is 266 Å². The van der Waals surface area contributed by atoms with Crippen LogP contribution in [0.25, 0.3) is 11.0 Å². The van der Waals surface area contributed by atoms with Crippen molar-refractivity contribution in [3.63, 3.8) is 0 Å². The molecule has 0 aliphatic carbocycles. The smallest absolute Gasteiger partial charge is 0.352 e. The summed E-state index contributed by atoms with van der Waals surface area (Å²) in [6.07, 6.45) is 0. The van der Waals surface area contributed by atoms with Crippen molar-refractivity contribution in [3.8, 4) is 5.75 Å². The molecule has 4 heterocycles. The van der Waals surface area contributed by atoms with Crippen LogP contribution in [0.3, 0.4) is 0 Å². The number of thioether (sulfide) groups is 2. The van der Waals surface area contributed by atoms with E-state index in [9.17, 15) is 39.0 Å². The van der Waals surface area contributed by atoms with Crippen molar-refractivity contribution in [2.45, 2.75) is 22.6 Å². The Morgan fingerprint density at radius 2 is 1.87 bits per heavy atom. The summed E-state index contributed by atoms with van der Waals surface area (Å²) >= 11 is 2.26. The number of aromatic hydroxyl groups is 1. The number of fused-ring (bicyclic) bond motifs is 2. The summed E-state index contributed by atoms with van der Waals surface area (Å²) in [6, 6.07) is 10.2. The van der Waals surface area contributed by atoms with Gasteiger partial charge in [0.05, 0.1) is 11.0 Å². The normalized spacial score (nSPS) is 18.1. The molecule has 1 saturated heterocycles. The van der Waals surface area contributed by atoms with Gasteiger partial charge in [-0.05, 0) is 35.4 Å². The maximum Gasteiger partial charge on any atom is 0.352 e. The molecule has 0 spiro atoms. The number of aromatic nitrogens is 5. The molecule has 2 aromatic heterocycles. The van der Waals surface area contributed by atoms with Crippen molar-refractivity contribution in [2.24, 2.45) is 7.05 Å². The number of hydrogen-bond donors (Lipinski definition) is 6.